The van der Waals surface area contributed by atoms with Gasteiger partial charge in [-0.05, 0) is 43.2 Å². The SMILES string of the molecule is CC1CCC(OCc2ccccc2C(=O)NN)CC1. The summed E-state index contributed by atoms with van der Waals surface area (Å²) < 4.78 is 5.93. The molecule has 1 aliphatic rings. The van der Waals surface area contributed by atoms with Crippen LogP contribution in [0.4, 0.5) is 0 Å². The average Bonchev–Trinajstić information content (AvgIpc) is 2.46. The number of nitrogen functional groups attached to an aromatic ring is 1. The highest BCUT2D eigenvalue weighted by atomic mass is 16.5. The van der Waals surface area contributed by atoms with Crippen LogP contribution < -0.4 is 11.3 Å². The highest BCUT2D eigenvalue weighted by molar-refractivity contribution is 5.95. The highest BCUT2D eigenvalue weighted by Crippen LogP contribution is 2.26. The van der Waals surface area contributed by atoms with Crippen molar-refractivity contribution in [1.82, 2.24) is 5.43 Å². The second-order valence-corrected chi connectivity index (χ2v) is 5.32. The highest BCUT2D eigenvalue weighted by Gasteiger charge is 2.19. The Labute approximate surface area is 114 Å². The fourth-order valence-electron chi connectivity index (χ4n) is 2.55. The third-order valence-electron chi connectivity index (χ3n) is 3.83. The maximum Gasteiger partial charge on any atom is 0.265 e. The van der Waals surface area contributed by atoms with Gasteiger partial charge in [-0.1, -0.05) is 25.1 Å². The number of carbonyl (C=O) groups is 1. The first-order valence-electron chi connectivity index (χ1n) is 6.91. The molecule has 0 radical (unpaired) electrons. The molecule has 1 aromatic carbocycles. The van der Waals surface area contributed by atoms with Crippen molar-refractivity contribution in [3.05, 3.63) is 35.4 Å². The first-order chi connectivity index (χ1) is 9.20. The smallest absolute Gasteiger partial charge is 0.265 e. The summed E-state index contributed by atoms with van der Waals surface area (Å²) in [5.74, 6) is 5.73. The van der Waals surface area contributed by atoms with Gasteiger partial charge in [-0.3, -0.25) is 10.2 Å². The third kappa shape index (κ3) is 3.78. The Kier molecular flexibility index (Phi) is 4.93. The van der Waals surface area contributed by atoms with Gasteiger partial charge in [0.15, 0.2) is 0 Å². The second-order valence-electron chi connectivity index (χ2n) is 5.32. The van der Waals surface area contributed by atoms with Gasteiger partial charge in [0.25, 0.3) is 5.91 Å². The van der Waals surface area contributed by atoms with Crippen molar-refractivity contribution in [3.63, 3.8) is 0 Å². The Morgan fingerprint density at radius 1 is 1.32 bits per heavy atom. The van der Waals surface area contributed by atoms with Crippen LogP contribution in [0.1, 0.15) is 48.5 Å². The number of nitrogens with one attached hydrogen (secondary N) is 1. The van der Waals surface area contributed by atoms with Crippen LogP contribution in [0.3, 0.4) is 0 Å². The van der Waals surface area contributed by atoms with Gasteiger partial charge in [0.1, 0.15) is 0 Å². The van der Waals surface area contributed by atoms with Crippen molar-refractivity contribution in [2.45, 2.75) is 45.3 Å². The van der Waals surface area contributed by atoms with E-state index in [4.69, 9.17) is 10.6 Å². The molecule has 1 aromatic rings. The molecule has 1 saturated carbocycles. The Morgan fingerprint density at radius 3 is 2.68 bits per heavy atom. The minimum atomic E-state index is -0.267. The maximum absolute atomic E-state index is 11.6. The summed E-state index contributed by atoms with van der Waals surface area (Å²) in [6, 6.07) is 7.42. The van der Waals surface area contributed by atoms with Crippen LogP contribution in [0.5, 0.6) is 0 Å². The van der Waals surface area contributed by atoms with Crippen LogP contribution in [-0.4, -0.2) is 12.0 Å². The summed E-state index contributed by atoms with van der Waals surface area (Å²) in [5, 5.41) is 0. The molecule has 0 aliphatic heterocycles. The molecular weight excluding hydrogens is 240 g/mol. The predicted molar refractivity (Wildman–Crippen MR) is 74.3 cm³/mol. The van der Waals surface area contributed by atoms with Gasteiger partial charge >= 0.3 is 0 Å². The van der Waals surface area contributed by atoms with Crippen molar-refractivity contribution in [2.75, 3.05) is 0 Å². The van der Waals surface area contributed by atoms with Crippen LogP contribution in [0.25, 0.3) is 0 Å². The number of carbonyl (C=O) groups excluding carboxylic acids is 1. The summed E-state index contributed by atoms with van der Waals surface area (Å²) >= 11 is 0. The summed E-state index contributed by atoms with van der Waals surface area (Å²) in [5.41, 5.74) is 3.66. The van der Waals surface area contributed by atoms with Crippen LogP contribution in [-0.2, 0) is 11.3 Å². The molecular formula is C15H22N2O2. The van der Waals surface area contributed by atoms with Crippen molar-refractivity contribution < 1.29 is 9.53 Å². The monoisotopic (exact) mass is 262 g/mol. The number of hydrazine groups is 1. The molecule has 4 heteroatoms. The molecule has 1 fully saturated rings. The van der Waals surface area contributed by atoms with Gasteiger partial charge in [0.05, 0.1) is 12.7 Å². The van der Waals surface area contributed by atoms with Crippen LogP contribution >= 0.6 is 0 Å². The summed E-state index contributed by atoms with van der Waals surface area (Å²) in [6.45, 7) is 2.76. The van der Waals surface area contributed by atoms with E-state index in [-0.39, 0.29) is 5.91 Å². The zero-order chi connectivity index (χ0) is 13.7. The van der Waals surface area contributed by atoms with E-state index in [2.05, 4.69) is 12.3 Å². The van der Waals surface area contributed by atoms with Crippen LogP contribution in [0, 0.1) is 5.92 Å². The number of amides is 1. The fourth-order valence-corrected chi connectivity index (χ4v) is 2.55. The van der Waals surface area contributed by atoms with Crippen molar-refractivity contribution in [2.24, 2.45) is 11.8 Å². The van der Waals surface area contributed by atoms with Gasteiger partial charge in [0.2, 0.25) is 0 Å². The molecule has 0 aromatic heterocycles. The fraction of sp³-hybridized carbons (Fsp3) is 0.533. The van der Waals surface area contributed by atoms with E-state index in [0.29, 0.717) is 18.3 Å². The van der Waals surface area contributed by atoms with Crippen molar-refractivity contribution in [1.29, 1.82) is 0 Å². The van der Waals surface area contributed by atoms with Crippen LogP contribution in [0.2, 0.25) is 0 Å². The normalized spacial score (nSPS) is 23.1. The number of hydrogen-bond acceptors (Lipinski definition) is 3. The first kappa shape index (κ1) is 14.0. The average molecular weight is 262 g/mol. The quantitative estimate of drug-likeness (QED) is 0.497. The Hall–Kier alpha value is -1.39. The van der Waals surface area contributed by atoms with Gasteiger partial charge in [-0.25, -0.2) is 5.84 Å². The Bertz CT molecular complexity index is 426. The molecule has 4 nitrogen and oxygen atoms in total. The molecule has 3 N–H and O–H groups in total. The zero-order valence-corrected chi connectivity index (χ0v) is 11.4. The molecule has 19 heavy (non-hydrogen) atoms. The predicted octanol–water partition coefficient (Wildman–Crippen LogP) is 2.39. The molecule has 0 atom stereocenters. The maximum atomic E-state index is 11.6. The number of rotatable bonds is 4. The van der Waals surface area contributed by atoms with Crippen LogP contribution in [0.15, 0.2) is 24.3 Å². The Morgan fingerprint density at radius 2 is 2.00 bits per heavy atom. The molecule has 104 valence electrons. The lowest BCUT2D eigenvalue weighted by Gasteiger charge is -2.26. The zero-order valence-electron chi connectivity index (χ0n) is 11.4. The van der Waals surface area contributed by atoms with Gasteiger partial charge in [-0.15, -0.1) is 0 Å². The third-order valence-corrected chi connectivity index (χ3v) is 3.83. The minimum Gasteiger partial charge on any atom is -0.374 e. The van der Waals surface area contributed by atoms with Crippen molar-refractivity contribution in [3.8, 4) is 0 Å². The number of benzene rings is 1. The van der Waals surface area contributed by atoms with E-state index < -0.39 is 0 Å². The van der Waals surface area contributed by atoms with E-state index in [9.17, 15) is 4.79 Å². The lowest BCUT2D eigenvalue weighted by Crippen LogP contribution is -2.31. The largest absolute Gasteiger partial charge is 0.374 e. The van der Waals surface area contributed by atoms with Gasteiger partial charge in [0, 0.05) is 5.56 Å². The molecule has 0 unspecified atom stereocenters. The van der Waals surface area contributed by atoms with E-state index in [1.807, 2.05) is 18.2 Å². The number of nitrogens with two attached hydrogens (primary N) is 1. The second kappa shape index (κ2) is 6.68. The van der Waals surface area contributed by atoms with Gasteiger partial charge in [-0.2, -0.15) is 0 Å². The minimum absolute atomic E-state index is 0.267. The molecule has 2 rings (SSSR count). The van der Waals surface area contributed by atoms with E-state index in [1.165, 1.54) is 12.8 Å². The van der Waals surface area contributed by atoms with E-state index in [1.54, 1.807) is 6.07 Å². The van der Waals surface area contributed by atoms with Crippen molar-refractivity contribution >= 4 is 5.91 Å². The molecule has 0 saturated heterocycles. The lowest BCUT2D eigenvalue weighted by atomic mass is 9.89. The molecule has 0 bridgehead atoms. The number of ether oxygens (including phenoxy) is 1. The molecule has 1 amide bonds. The summed E-state index contributed by atoms with van der Waals surface area (Å²) in [6.07, 6.45) is 5.02. The Balaban J connectivity index is 1.94. The van der Waals surface area contributed by atoms with Gasteiger partial charge < -0.3 is 4.74 Å². The molecule has 1 aliphatic carbocycles. The topological polar surface area (TPSA) is 64.3 Å². The summed E-state index contributed by atoms with van der Waals surface area (Å²) in [4.78, 5) is 11.6. The molecule has 0 spiro atoms. The van der Waals surface area contributed by atoms with E-state index >= 15 is 0 Å². The van der Waals surface area contributed by atoms with E-state index in [0.717, 1.165) is 24.3 Å². The number of hydrogen-bond donors (Lipinski definition) is 2. The standard InChI is InChI=1S/C15H22N2O2/c1-11-6-8-13(9-7-11)19-10-12-4-2-3-5-14(12)15(18)17-16/h2-5,11,13H,6-10,16H2,1H3,(H,17,18). The lowest BCUT2D eigenvalue weighted by molar-refractivity contribution is 0.00847. The summed E-state index contributed by atoms with van der Waals surface area (Å²) in [7, 11) is 0. The first-order valence-corrected chi connectivity index (χ1v) is 6.91. The molecule has 0 heterocycles.